The number of carbonyl (C=O) groups excluding carboxylic acids is 1. The fraction of sp³-hybridized carbons (Fsp3) is 0.467. The lowest BCUT2D eigenvalue weighted by molar-refractivity contribution is -0.120. The maximum Gasteiger partial charge on any atom is 0.228 e. The van der Waals surface area contributed by atoms with Crippen molar-refractivity contribution in [3.05, 3.63) is 24.2 Å². The smallest absolute Gasteiger partial charge is 0.228 e. The van der Waals surface area contributed by atoms with Gasteiger partial charge in [0.2, 0.25) is 5.91 Å². The summed E-state index contributed by atoms with van der Waals surface area (Å²) in [5, 5.41) is 10.0. The normalized spacial score (nSPS) is 21.5. The molecule has 0 radical (unpaired) electrons. The molecule has 0 atom stereocenters. The van der Waals surface area contributed by atoms with Crippen LogP contribution in [0.15, 0.2) is 18.3 Å². The quantitative estimate of drug-likeness (QED) is 0.852. The average molecular weight is 320 g/mol. The van der Waals surface area contributed by atoms with Gasteiger partial charge in [0, 0.05) is 23.1 Å². The maximum absolute atomic E-state index is 12.3. The summed E-state index contributed by atoms with van der Waals surface area (Å²) < 4.78 is 0. The zero-order chi connectivity index (χ0) is 15.5. The molecule has 1 aliphatic carbocycles. The third-order valence-electron chi connectivity index (χ3n) is 3.89. The van der Waals surface area contributed by atoms with E-state index in [-0.39, 0.29) is 17.2 Å². The van der Waals surface area contributed by atoms with Crippen molar-refractivity contribution >= 4 is 23.3 Å². The summed E-state index contributed by atoms with van der Waals surface area (Å²) in [6.45, 7) is 1.84. The van der Waals surface area contributed by atoms with E-state index in [0.29, 0.717) is 11.6 Å². The summed E-state index contributed by atoms with van der Waals surface area (Å²) in [6.07, 6.45) is 5.10. The second-order valence-corrected chi connectivity index (χ2v) is 6.23. The minimum absolute atomic E-state index is 0.0133. The molecule has 0 bridgehead atoms. The van der Waals surface area contributed by atoms with Gasteiger partial charge in [0.05, 0.1) is 0 Å². The second kappa shape index (κ2) is 6.44. The summed E-state index contributed by atoms with van der Waals surface area (Å²) in [7, 11) is 0. The van der Waals surface area contributed by atoms with Crippen molar-refractivity contribution in [1.82, 2.24) is 20.2 Å². The minimum atomic E-state index is 0.0133. The SMILES string of the molecule is Cc1nc(-c2ccnc(NC(=O)C3CCC(Cl)CC3)c2)n[nH]1. The molecule has 1 aliphatic rings. The zero-order valence-electron chi connectivity index (χ0n) is 12.3. The molecular formula is C15H18ClN5O. The van der Waals surface area contributed by atoms with Crippen molar-refractivity contribution in [3.63, 3.8) is 0 Å². The number of rotatable bonds is 3. The maximum atomic E-state index is 12.3. The van der Waals surface area contributed by atoms with Crippen LogP contribution in [-0.2, 0) is 4.79 Å². The molecule has 116 valence electrons. The summed E-state index contributed by atoms with van der Waals surface area (Å²) in [5.74, 6) is 1.90. The Labute approximate surface area is 133 Å². The van der Waals surface area contributed by atoms with E-state index in [1.54, 1.807) is 12.3 Å². The monoisotopic (exact) mass is 319 g/mol. The summed E-state index contributed by atoms with van der Waals surface area (Å²) in [6, 6.07) is 3.60. The average Bonchev–Trinajstić information content (AvgIpc) is 2.95. The lowest BCUT2D eigenvalue weighted by Gasteiger charge is -2.23. The molecule has 2 aromatic heterocycles. The highest BCUT2D eigenvalue weighted by Crippen LogP contribution is 2.28. The number of anilines is 1. The number of carbonyl (C=O) groups is 1. The Morgan fingerprint density at radius 3 is 2.82 bits per heavy atom. The van der Waals surface area contributed by atoms with Gasteiger partial charge in [-0.3, -0.25) is 9.89 Å². The van der Waals surface area contributed by atoms with Gasteiger partial charge in [-0.2, -0.15) is 5.10 Å². The molecule has 3 rings (SSSR count). The minimum Gasteiger partial charge on any atom is -0.310 e. The molecule has 0 saturated heterocycles. The van der Waals surface area contributed by atoms with E-state index >= 15 is 0 Å². The van der Waals surface area contributed by atoms with Crippen LogP contribution in [0.5, 0.6) is 0 Å². The predicted octanol–water partition coefficient (Wildman–Crippen LogP) is 2.91. The highest BCUT2D eigenvalue weighted by atomic mass is 35.5. The van der Waals surface area contributed by atoms with Gasteiger partial charge in [-0.15, -0.1) is 11.6 Å². The van der Waals surface area contributed by atoms with Crippen LogP contribution < -0.4 is 5.32 Å². The van der Waals surface area contributed by atoms with E-state index in [0.717, 1.165) is 37.1 Å². The Bertz CT molecular complexity index is 663. The molecule has 7 heteroatoms. The van der Waals surface area contributed by atoms with Gasteiger partial charge in [0.15, 0.2) is 5.82 Å². The van der Waals surface area contributed by atoms with Crippen molar-refractivity contribution in [2.75, 3.05) is 5.32 Å². The van der Waals surface area contributed by atoms with Crippen LogP contribution in [0.4, 0.5) is 5.82 Å². The van der Waals surface area contributed by atoms with E-state index in [9.17, 15) is 4.79 Å². The molecule has 6 nitrogen and oxygen atoms in total. The van der Waals surface area contributed by atoms with E-state index in [4.69, 9.17) is 11.6 Å². The Balaban J connectivity index is 1.69. The van der Waals surface area contributed by atoms with Gasteiger partial charge >= 0.3 is 0 Å². The van der Waals surface area contributed by atoms with Crippen molar-refractivity contribution < 1.29 is 4.79 Å². The molecule has 0 aromatic carbocycles. The van der Waals surface area contributed by atoms with Gasteiger partial charge in [-0.1, -0.05) is 0 Å². The van der Waals surface area contributed by atoms with Gasteiger partial charge < -0.3 is 5.32 Å². The van der Waals surface area contributed by atoms with Crippen LogP contribution in [0.1, 0.15) is 31.5 Å². The Kier molecular flexibility index (Phi) is 4.38. The van der Waals surface area contributed by atoms with Gasteiger partial charge in [0.1, 0.15) is 11.6 Å². The topological polar surface area (TPSA) is 83.6 Å². The molecular weight excluding hydrogens is 302 g/mol. The molecule has 2 N–H and O–H groups in total. The molecule has 0 unspecified atom stereocenters. The summed E-state index contributed by atoms with van der Waals surface area (Å²) >= 11 is 6.08. The van der Waals surface area contributed by atoms with Gasteiger partial charge in [-0.25, -0.2) is 9.97 Å². The molecule has 1 amide bonds. The van der Waals surface area contributed by atoms with Crippen LogP contribution in [0.3, 0.4) is 0 Å². The number of hydrogen-bond donors (Lipinski definition) is 2. The Morgan fingerprint density at radius 1 is 1.36 bits per heavy atom. The standard InChI is InChI=1S/C15H18ClN5O/c1-9-18-14(21-20-9)11-6-7-17-13(8-11)19-15(22)10-2-4-12(16)5-3-10/h6-8,10,12H,2-5H2,1H3,(H,17,19,22)(H,18,20,21). The van der Waals surface area contributed by atoms with Crippen LogP contribution in [0.2, 0.25) is 0 Å². The first-order valence-electron chi connectivity index (χ1n) is 7.42. The van der Waals surface area contributed by atoms with Crippen molar-refractivity contribution in [2.45, 2.75) is 38.0 Å². The Morgan fingerprint density at radius 2 is 2.14 bits per heavy atom. The Hall–Kier alpha value is -1.95. The summed E-state index contributed by atoms with van der Waals surface area (Å²) in [4.78, 5) is 20.8. The summed E-state index contributed by atoms with van der Waals surface area (Å²) in [5.41, 5.74) is 0.819. The third kappa shape index (κ3) is 3.44. The number of alkyl halides is 1. The van der Waals surface area contributed by atoms with E-state index in [1.165, 1.54) is 0 Å². The second-order valence-electron chi connectivity index (χ2n) is 5.61. The number of hydrogen-bond acceptors (Lipinski definition) is 4. The van der Waals surface area contributed by atoms with Crippen LogP contribution in [0, 0.1) is 12.8 Å². The van der Waals surface area contributed by atoms with Crippen LogP contribution in [0.25, 0.3) is 11.4 Å². The molecule has 2 heterocycles. The lowest BCUT2D eigenvalue weighted by Crippen LogP contribution is -2.27. The highest BCUT2D eigenvalue weighted by molar-refractivity contribution is 6.20. The molecule has 0 aliphatic heterocycles. The van der Waals surface area contributed by atoms with Crippen molar-refractivity contribution in [1.29, 1.82) is 0 Å². The van der Waals surface area contributed by atoms with Gasteiger partial charge in [0.25, 0.3) is 0 Å². The van der Waals surface area contributed by atoms with E-state index in [2.05, 4.69) is 25.5 Å². The molecule has 22 heavy (non-hydrogen) atoms. The first-order valence-corrected chi connectivity index (χ1v) is 7.86. The van der Waals surface area contributed by atoms with Crippen LogP contribution >= 0.6 is 11.6 Å². The fourth-order valence-corrected chi connectivity index (χ4v) is 2.90. The number of nitrogens with zero attached hydrogens (tertiary/aromatic N) is 3. The highest BCUT2D eigenvalue weighted by Gasteiger charge is 2.25. The molecule has 1 fully saturated rings. The number of aryl methyl sites for hydroxylation is 1. The predicted molar refractivity (Wildman–Crippen MR) is 84.6 cm³/mol. The molecule has 0 spiro atoms. The largest absolute Gasteiger partial charge is 0.310 e. The zero-order valence-corrected chi connectivity index (χ0v) is 13.1. The number of amides is 1. The number of nitrogens with one attached hydrogen (secondary N) is 2. The lowest BCUT2D eigenvalue weighted by atomic mass is 9.88. The van der Waals surface area contributed by atoms with Crippen molar-refractivity contribution in [2.24, 2.45) is 5.92 Å². The van der Waals surface area contributed by atoms with Gasteiger partial charge in [-0.05, 0) is 44.7 Å². The van der Waals surface area contributed by atoms with Crippen LogP contribution in [-0.4, -0.2) is 31.4 Å². The molecule has 1 saturated carbocycles. The number of halogens is 1. The first-order chi connectivity index (χ1) is 10.6. The number of aromatic amines is 1. The molecule has 2 aromatic rings. The number of aromatic nitrogens is 4. The van der Waals surface area contributed by atoms with E-state index in [1.807, 2.05) is 13.0 Å². The third-order valence-corrected chi connectivity index (χ3v) is 4.33. The van der Waals surface area contributed by atoms with E-state index < -0.39 is 0 Å². The van der Waals surface area contributed by atoms with Crippen molar-refractivity contribution in [3.8, 4) is 11.4 Å². The number of H-pyrrole nitrogens is 1. The fourth-order valence-electron chi connectivity index (χ4n) is 2.65. The first kappa shape index (κ1) is 15.0. The number of pyridine rings is 1.